The number of rotatable bonds is 5. The van der Waals surface area contributed by atoms with Crippen LogP contribution in [-0.4, -0.2) is 17.7 Å². The Morgan fingerprint density at radius 1 is 1.26 bits per heavy atom. The lowest BCUT2D eigenvalue weighted by Crippen LogP contribution is -2.33. The van der Waals surface area contributed by atoms with Gasteiger partial charge in [0.2, 0.25) is 0 Å². The predicted octanol–water partition coefficient (Wildman–Crippen LogP) is 3.30. The molecule has 0 aliphatic rings. The fraction of sp³-hybridized carbons (Fsp3) is 0.438. The maximum atomic E-state index is 6.37. The van der Waals surface area contributed by atoms with Crippen LogP contribution in [0.5, 0.6) is 0 Å². The topological polar surface area (TPSA) is 48.1 Å². The van der Waals surface area contributed by atoms with Gasteiger partial charge in [-0.05, 0) is 36.6 Å². The zero-order valence-electron chi connectivity index (χ0n) is 11.8. The van der Waals surface area contributed by atoms with Gasteiger partial charge in [-0.1, -0.05) is 26.0 Å². The SMILES string of the molecule is CCOC(C(C)C)C(N)c1ccc2ncccc2c1. The second-order valence-corrected chi connectivity index (χ2v) is 5.15. The van der Waals surface area contributed by atoms with Gasteiger partial charge in [-0.15, -0.1) is 0 Å². The molecule has 0 amide bonds. The molecule has 0 saturated heterocycles. The lowest BCUT2D eigenvalue weighted by atomic mass is 9.93. The summed E-state index contributed by atoms with van der Waals surface area (Å²) in [5.41, 5.74) is 8.47. The van der Waals surface area contributed by atoms with Crippen molar-refractivity contribution < 1.29 is 4.74 Å². The zero-order valence-corrected chi connectivity index (χ0v) is 11.8. The summed E-state index contributed by atoms with van der Waals surface area (Å²) in [5.74, 6) is 0.388. The van der Waals surface area contributed by atoms with E-state index >= 15 is 0 Å². The van der Waals surface area contributed by atoms with Gasteiger partial charge in [0.05, 0.1) is 17.7 Å². The lowest BCUT2D eigenvalue weighted by Gasteiger charge is -2.27. The summed E-state index contributed by atoms with van der Waals surface area (Å²) in [4.78, 5) is 4.33. The fourth-order valence-corrected chi connectivity index (χ4v) is 2.39. The number of nitrogens with zero attached hydrogens (tertiary/aromatic N) is 1. The molecule has 0 saturated carbocycles. The molecule has 0 fully saturated rings. The van der Waals surface area contributed by atoms with E-state index in [1.165, 1.54) is 0 Å². The third-order valence-corrected chi connectivity index (χ3v) is 3.38. The Labute approximate surface area is 114 Å². The monoisotopic (exact) mass is 258 g/mol. The minimum Gasteiger partial charge on any atom is -0.376 e. The van der Waals surface area contributed by atoms with Crippen molar-refractivity contribution in [2.75, 3.05) is 6.61 Å². The largest absolute Gasteiger partial charge is 0.376 e. The number of ether oxygens (including phenoxy) is 1. The van der Waals surface area contributed by atoms with E-state index in [9.17, 15) is 0 Å². The van der Waals surface area contributed by atoms with Gasteiger partial charge in [-0.2, -0.15) is 0 Å². The summed E-state index contributed by atoms with van der Waals surface area (Å²) >= 11 is 0. The molecular formula is C16H22N2O. The van der Waals surface area contributed by atoms with Gasteiger partial charge in [-0.25, -0.2) is 0 Å². The van der Waals surface area contributed by atoms with Crippen LogP contribution in [0.15, 0.2) is 36.5 Å². The number of fused-ring (bicyclic) bond motifs is 1. The van der Waals surface area contributed by atoms with E-state index in [2.05, 4.69) is 37.0 Å². The van der Waals surface area contributed by atoms with Gasteiger partial charge in [0.25, 0.3) is 0 Å². The van der Waals surface area contributed by atoms with E-state index in [1.807, 2.05) is 19.1 Å². The average Bonchev–Trinajstić information content (AvgIpc) is 2.43. The summed E-state index contributed by atoms with van der Waals surface area (Å²) in [5, 5.41) is 1.12. The van der Waals surface area contributed by atoms with Crippen LogP contribution in [0.25, 0.3) is 10.9 Å². The van der Waals surface area contributed by atoms with Gasteiger partial charge in [0.15, 0.2) is 0 Å². The summed E-state index contributed by atoms with van der Waals surface area (Å²) in [6, 6.07) is 10.1. The molecule has 19 heavy (non-hydrogen) atoms. The van der Waals surface area contributed by atoms with Crippen LogP contribution in [-0.2, 0) is 4.74 Å². The summed E-state index contributed by atoms with van der Waals surface area (Å²) in [6.45, 7) is 6.98. The van der Waals surface area contributed by atoms with Crippen LogP contribution < -0.4 is 5.73 Å². The molecule has 2 unspecified atom stereocenters. The van der Waals surface area contributed by atoms with E-state index in [0.29, 0.717) is 12.5 Å². The summed E-state index contributed by atoms with van der Waals surface area (Å²) < 4.78 is 5.79. The van der Waals surface area contributed by atoms with E-state index < -0.39 is 0 Å². The predicted molar refractivity (Wildman–Crippen MR) is 78.9 cm³/mol. The standard InChI is InChI=1S/C16H22N2O/c1-4-19-16(11(2)3)15(17)13-7-8-14-12(10-13)6-5-9-18-14/h5-11,15-16H,4,17H2,1-3H3. The fourth-order valence-electron chi connectivity index (χ4n) is 2.39. The molecule has 1 heterocycles. The van der Waals surface area contributed by atoms with Gasteiger partial charge >= 0.3 is 0 Å². The number of benzene rings is 1. The smallest absolute Gasteiger partial charge is 0.0790 e. The van der Waals surface area contributed by atoms with E-state index in [1.54, 1.807) is 6.20 Å². The third-order valence-electron chi connectivity index (χ3n) is 3.38. The molecule has 2 aromatic rings. The highest BCUT2D eigenvalue weighted by molar-refractivity contribution is 5.79. The average molecular weight is 258 g/mol. The Balaban J connectivity index is 2.31. The number of nitrogens with two attached hydrogens (primary N) is 1. The Bertz CT molecular complexity index is 539. The lowest BCUT2D eigenvalue weighted by molar-refractivity contribution is 0.0122. The number of aromatic nitrogens is 1. The molecule has 3 heteroatoms. The molecule has 1 aromatic heterocycles. The minimum absolute atomic E-state index is 0.0409. The Morgan fingerprint density at radius 2 is 2.05 bits per heavy atom. The van der Waals surface area contributed by atoms with E-state index in [0.717, 1.165) is 16.5 Å². The molecule has 0 aliphatic carbocycles. The molecule has 2 atom stereocenters. The van der Waals surface area contributed by atoms with Crippen molar-refractivity contribution in [1.82, 2.24) is 4.98 Å². The third kappa shape index (κ3) is 3.11. The van der Waals surface area contributed by atoms with Crippen molar-refractivity contribution in [3.8, 4) is 0 Å². The Morgan fingerprint density at radius 3 is 2.74 bits per heavy atom. The maximum absolute atomic E-state index is 6.37. The first kappa shape index (κ1) is 14.0. The molecule has 0 bridgehead atoms. The van der Waals surface area contributed by atoms with E-state index in [-0.39, 0.29) is 12.1 Å². The van der Waals surface area contributed by atoms with E-state index in [4.69, 9.17) is 10.5 Å². The van der Waals surface area contributed by atoms with Gasteiger partial charge in [0, 0.05) is 18.2 Å². The normalized spacial score (nSPS) is 14.8. The molecule has 102 valence electrons. The first-order valence-electron chi connectivity index (χ1n) is 6.85. The van der Waals surface area contributed by atoms with Crippen LogP contribution in [0.3, 0.4) is 0 Å². The van der Waals surface area contributed by atoms with Crippen molar-refractivity contribution in [2.24, 2.45) is 11.7 Å². The van der Waals surface area contributed by atoms with Crippen molar-refractivity contribution in [2.45, 2.75) is 32.9 Å². The van der Waals surface area contributed by atoms with Gasteiger partial charge in [-0.3, -0.25) is 4.98 Å². The summed E-state index contributed by atoms with van der Waals surface area (Å²) in [6.07, 6.45) is 1.85. The molecule has 1 aromatic carbocycles. The van der Waals surface area contributed by atoms with Crippen molar-refractivity contribution in [3.63, 3.8) is 0 Å². The van der Waals surface area contributed by atoms with Crippen LogP contribution in [0, 0.1) is 5.92 Å². The number of hydrogen-bond donors (Lipinski definition) is 1. The Hall–Kier alpha value is -1.45. The molecule has 2 N–H and O–H groups in total. The zero-order chi connectivity index (χ0) is 13.8. The minimum atomic E-state index is -0.107. The Kier molecular flexibility index (Phi) is 4.51. The van der Waals surface area contributed by atoms with Crippen LogP contribution >= 0.6 is 0 Å². The molecule has 0 spiro atoms. The number of hydrogen-bond acceptors (Lipinski definition) is 3. The van der Waals surface area contributed by atoms with Crippen molar-refractivity contribution in [3.05, 3.63) is 42.1 Å². The molecule has 0 aliphatic heterocycles. The maximum Gasteiger partial charge on any atom is 0.0790 e. The second-order valence-electron chi connectivity index (χ2n) is 5.15. The van der Waals surface area contributed by atoms with Crippen molar-refractivity contribution in [1.29, 1.82) is 0 Å². The van der Waals surface area contributed by atoms with Crippen LogP contribution in [0.1, 0.15) is 32.4 Å². The molecule has 0 radical (unpaired) electrons. The van der Waals surface area contributed by atoms with Crippen LogP contribution in [0.2, 0.25) is 0 Å². The highest BCUT2D eigenvalue weighted by Gasteiger charge is 2.23. The summed E-state index contributed by atoms with van der Waals surface area (Å²) in [7, 11) is 0. The van der Waals surface area contributed by atoms with Gasteiger partial charge < -0.3 is 10.5 Å². The first-order valence-corrected chi connectivity index (χ1v) is 6.85. The highest BCUT2D eigenvalue weighted by atomic mass is 16.5. The molecule has 3 nitrogen and oxygen atoms in total. The quantitative estimate of drug-likeness (QED) is 0.895. The van der Waals surface area contributed by atoms with Gasteiger partial charge in [0.1, 0.15) is 0 Å². The second kappa shape index (κ2) is 6.13. The van der Waals surface area contributed by atoms with Crippen molar-refractivity contribution >= 4 is 10.9 Å². The molecule has 2 rings (SSSR count). The first-order chi connectivity index (χ1) is 9.13. The van der Waals surface area contributed by atoms with Crippen LogP contribution in [0.4, 0.5) is 0 Å². The number of pyridine rings is 1. The highest BCUT2D eigenvalue weighted by Crippen LogP contribution is 2.25. The molecular weight excluding hydrogens is 236 g/mol.